The fourth-order valence-electron chi connectivity index (χ4n) is 1.62. The van der Waals surface area contributed by atoms with E-state index in [0.29, 0.717) is 6.10 Å². The largest absolute Gasteiger partial charge is 0.377 e. The summed E-state index contributed by atoms with van der Waals surface area (Å²) in [5.41, 5.74) is 0.231. The molecule has 0 aliphatic carbocycles. The van der Waals surface area contributed by atoms with Crippen LogP contribution >= 0.6 is 0 Å². The summed E-state index contributed by atoms with van der Waals surface area (Å²) in [4.78, 5) is 0. The Bertz CT molecular complexity index is 138. The third kappa shape index (κ3) is 2.20. The average Bonchev–Trinajstić information content (AvgIpc) is 2.34. The van der Waals surface area contributed by atoms with Gasteiger partial charge in [0, 0.05) is 12.1 Å². The Morgan fingerprint density at radius 1 is 1.58 bits per heavy atom. The van der Waals surface area contributed by atoms with Crippen molar-refractivity contribution in [1.29, 1.82) is 0 Å². The van der Waals surface area contributed by atoms with E-state index < -0.39 is 0 Å². The van der Waals surface area contributed by atoms with Crippen molar-refractivity contribution in [1.82, 2.24) is 5.32 Å². The molecule has 0 bridgehead atoms. The first-order valence-electron chi connectivity index (χ1n) is 5.05. The van der Waals surface area contributed by atoms with Crippen LogP contribution in [0.4, 0.5) is 0 Å². The van der Waals surface area contributed by atoms with Crippen LogP contribution in [0.15, 0.2) is 0 Å². The van der Waals surface area contributed by atoms with Crippen LogP contribution in [0.2, 0.25) is 0 Å². The first-order valence-corrected chi connectivity index (χ1v) is 5.05. The van der Waals surface area contributed by atoms with Crippen LogP contribution in [0, 0.1) is 0 Å². The van der Waals surface area contributed by atoms with Gasteiger partial charge in [-0.2, -0.15) is 0 Å². The zero-order valence-electron chi connectivity index (χ0n) is 8.52. The van der Waals surface area contributed by atoms with Crippen LogP contribution in [0.3, 0.4) is 0 Å². The standard InChI is InChI=1S/C10H21NO/c1-4-5-7-11-10(3)6-8-12-9(10)2/h9,11H,4-8H2,1-3H3. The quantitative estimate of drug-likeness (QED) is 0.653. The lowest BCUT2D eigenvalue weighted by molar-refractivity contribution is 0.0887. The summed E-state index contributed by atoms with van der Waals surface area (Å²) in [6, 6.07) is 0. The number of hydrogen-bond donors (Lipinski definition) is 1. The zero-order chi connectivity index (χ0) is 9.03. The molecule has 1 aliphatic heterocycles. The Morgan fingerprint density at radius 3 is 2.83 bits per heavy atom. The molecule has 2 nitrogen and oxygen atoms in total. The second kappa shape index (κ2) is 4.24. The molecule has 0 spiro atoms. The lowest BCUT2D eigenvalue weighted by atomic mass is 9.94. The maximum Gasteiger partial charge on any atom is 0.0726 e. The second-order valence-electron chi connectivity index (χ2n) is 3.96. The summed E-state index contributed by atoms with van der Waals surface area (Å²) in [6.45, 7) is 8.68. The van der Waals surface area contributed by atoms with E-state index in [1.807, 2.05) is 0 Å². The van der Waals surface area contributed by atoms with Gasteiger partial charge < -0.3 is 10.1 Å². The van der Waals surface area contributed by atoms with E-state index in [2.05, 4.69) is 26.1 Å². The average molecular weight is 171 g/mol. The lowest BCUT2D eigenvalue weighted by Crippen LogP contribution is -2.48. The van der Waals surface area contributed by atoms with Crippen LogP contribution in [-0.4, -0.2) is 24.8 Å². The summed E-state index contributed by atoms with van der Waals surface area (Å²) >= 11 is 0. The summed E-state index contributed by atoms with van der Waals surface area (Å²) in [7, 11) is 0. The third-order valence-corrected chi connectivity index (χ3v) is 2.95. The van der Waals surface area contributed by atoms with Gasteiger partial charge in [-0.25, -0.2) is 0 Å². The van der Waals surface area contributed by atoms with Crippen LogP contribution in [0.1, 0.15) is 40.0 Å². The number of ether oxygens (including phenoxy) is 1. The highest BCUT2D eigenvalue weighted by molar-refractivity contribution is 4.93. The minimum absolute atomic E-state index is 0.231. The molecule has 0 radical (unpaired) electrons. The first-order chi connectivity index (χ1) is 5.69. The molecule has 2 heteroatoms. The Hall–Kier alpha value is -0.0800. The minimum Gasteiger partial charge on any atom is -0.377 e. The molecular weight excluding hydrogens is 150 g/mol. The third-order valence-electron chi connectivity index (χ3n) is 2.95. The molecule has 1 rings (SSSR count). The van der Waals surface area contributed by atoms with E-state index in [-0.39, 0.29) is 5.54 Å². The molecule has 1 saturated heterocycles. The van der Waals surface area contributed by atoms with Crippen molar-refractivity contribution < 1.29 is 4.74 Å². The molecule has 0 aromatic carbocycles. The Morgan fingerprint density at radius 2 is 2.33 bits per heavy atom. The fraction of sp³-hybridized carbons (Fsp3) is 1.00. The van der Waals surface area contributed by atoms with Crippen LogP contribution in [0.25, 0.3) is 0 Å². The van der Waals surface area contributed by atoms with Crippen molar-refractivity contribution in [3.05, 3.63) is 0 Å². The maximum atomic E-state index is 5.54. The summed E-state index contributed by atoms with van der Waals surface area (Å²) < 4.78 is 5.54. The monoisotopic (exact) mass is 171 g/mol. The van der Waals surface area contributed by atoms with Crippen molar-refractivity contribution in [2.45, 2.75) is 51.7 Å². The first kappa shape index (κ1) is 10.0. The molecule has 72 valence electrons. The highest BCUT2D eigenvalue weighted by Crippen LogP contribution is 2.24. The molecule has 0 amide bonds. The lowest BCUT2D eigenvalue weighted by Gasteiger charge is -2.28. The second-order valence-corrected chi connectivity index (χ2v) is 3.96. The van der Waals surface area contributed by atoms with E-state index >= 15 is 0 Å². The molecule has 1 N–H and O–H groups in total. The molecule has 0 aromatic heterocycles. The van der Waals surface area contributed by atoms with Gasteiger partial charge in [-0.1, -0.05) is 13.3 Å². The van der Waals surface area contributed by atoms with Crippen LogP contribution < -0.4 is 5.32 Å². The van der Waals surface area contributed by atoms with E-state index in [0.717, 1.165) is 19.6 Å². The van der Waals surface area contributed by atoms with E-state index in [1.165, 1.54) is 12.8 Å². The Labute approximate surface area is 75.7 Å². The molecule has 12 heavy (non-hydrogen) atoms. The van der Waals surface area contributed by atoms with Crippen LogP contribution in [0.5, 0.6) is 0 Å². The predicted octanol–water partition coefficient (Wildman–Crippen LogP) is 1.94. The van der Waals surface area contributed by atoms with E-state index in [4.69, 9.17) is 4.74 Å². The topological polar surface area (TPSA) is 21.3 Å². The van der Waals surface area contributed by atoms with Gasteiger partial charge in [0.2, 0.25) is 0 Å². The van der Waals surface area contributed by atoms with Gasteiger partial charge in [0.15, 0.2) is 0 Å². The van der Waals surface area contributed by atoms with E-state index in [9.17, 15) is 0 Å². The fourth-order valence-corrected chi connectivity index (χ4v) is 1.62. The molecular formula is C10H21NO. The highest BCUT2D eigenvalue weighted by atomic mass is 16.5. The van der Waals surface area contributed by atoms with Gasteiger partial charge in [0.1, 0.15) is 0 Å². The molecule has 1 aliphatic rings. The van der Waals surface area contributed by atoms with Gasteiger partial charge in [-0.05, 0) is 33.2 Å². The van der Waals surface area contributed by atoms with Crippen molar-refractivity contribution in [3.8, 4) is 0 Å². The molecule has 0 aromatic rings. The molecule has 1 heterocycles. The Kier molecular flexibility index (Phi) is 3.53. The smallest absolute Gasteiger partial charge is 0.0726 e. The maximum absolute atomic E-state index is 5.54. The number of unbranched alkanes of at least 4 members (excludes halogenated alkanes) is 1. The zero-order valence-corrected chi connectivity index (χ0v) is 8.52. The van der Waals surface area contributed by atoms with Crippen molar-refractivity contribution >= 4 is 0 Å². The van der Waals surface area contributed by atoms with Gasteiger partial charge in [-0.15, -0.1) is 0 Å². The number of nitrogens with one attached hydrogen (secondary N) is 1. The van der Waals surface area contributed by atoms with Crippen molar-refractivity contribution in [2.75, 3.05) is 13.2 Å². The van der Waals surface area contributed by atoms with Gasteiger partial charge >= 0.3 is 0 Å². The van der Waals surface area contributed by atoms with Crippen molar-refractivity contribution in [3.63, 3.8) is 0 Å². The minimum atomic E-state index is 0.231. The summed E-state index contributed by atoms with van der Waals surface area (Å²) in [5, 5.41) is 3.58. The number of hydrogen-bond acceptors (Lipinski definition) is 2. The number of rotatable bonds is 4. The molecule has 0 saturated carbocycles. The van der Waals surface area contributed by atoms with Crippen LogP contribution in [-0.2, 0) is 4.74 Å². The Balaban J connectivity index is 2.27. The predicted molar refractivity (Wildman–Crippen MR) is 51.3 cm³/mol. The SMILES string of the molecule is CCCCNC1(C)CCOC1C. The van der Waals surface area contributed by atoms with E-state index in [1.54, 1.807) is 0 Å². The van der Waals surface area contributed by atoms with Gasteiger partial charge in [0.05, 0.1) is 6.10 Å². The summed E-state index contributed by atoms with van der Waals surface area (Å²) in [5.74, 6) is 0. The molecule has 2 atom stereocenters. The van der Waals surface area contributed by atoms with Gasteiger partial charge in [0.25, 0.3) is 0 Å². The van der Waals surface area contributed by atoms with Gasteiger partial charge in [-0.3, -0.25) is 0 Å². The van der Waals surface area contributed by atoms with Crippen molar-refractivity contribution in [2.24, 2.45) is 0 Å². The summed E-state index contributed by atoms with van der Waals surface area (Å²) in [6.07, 6.45) is 4.05. The molecule has 1 fully saturated rings. The highest BCUT2D eigenvalue weighted by Gasteiger charge is 2.35. The normalized spacial score (nSPS) is 35.8. The molecule has 2 unspecified atom stereocenters.